The quantitative estimate of drug-likeness (QED) is 0.324. The van der Waals surface area contributed by atoms with Gasteiger partial charge in [-0.25, -0.2) is 9.59 Å². The monoisotopic (exact) mass is 411 g/mol. The maximum Gasteiger partial charge on any atom is 0.338 e. The van der Waals surface area contributed by atoms with Crippen molar-refractivity contribution >= 4 is 17.7 Å². The van der Waals surface area contributed by atoms with Crippen molar-refractivity contribution in [3.05, 3.63) is 81.5 Å². The van der Waals surface area contributed by atoms with E-state index in [1.165, 1.54) is 29.2 Å². The summed E-state index contributed by atoms with van der Waals surface area (Å²) < 4.78 is 10.9. The molecular weight excluding hydrogens is 390 g/mol. The fraction of sp³-hybridized carbons (Fsp3) is 0.238. The largest absolute Gasteiger partial charge is 0.490 e. The van der Waals surface area contributed by atoms with Gasteiger partial charge in [-0.2, -0.15) is 0 Å². The Balaban J connectivity index is 1.74. The molecule has 2 amide bonds. The average molecular weight is 411 g/mol. The van der Waals surface area contributed by atoms with Gasteiger partial charge in [-0.15, -0.1) is 0 Å². The second kappa shape index (κ2) is 9.08. The molecule has 2 aromatic rings. The molecule has 1 aliphatic rings. The molecule has 0 aromatic heterocycles. The summed E-state index contributed by atoms with van der Waals surface area (Å²) in [5, 5.41) is 13.6. The lowest BCUT2D eigenvalue weighted by molar-refractivity contribution is -0.384. The molecular formula is C21H21N3O6. The number of ether oxygens (including phenoxy) is 2. The molecule has 0 spiro atoms. The van der Waals surface area contributed by atoms with Crippen LogP contribution in [0.15, 0.2) is 65.9 Å². The van der Waals surface area contributed by atoms with Gasteiger partial charge >= 0.3 is 12.0 Å². The highest BCUT2D eigenvalue weighted by Gasteiger charge is 2.35. The zero-order valence-electron chi connectivity index (χ0n) is 16.5. The molecule has 3 rings (SSSR count). The molecule has 1 aliphatic heterocycles. The third-order valence-electron chi connectivity index (χ3n) is 4.74. The van der Waals surface area contributed by atoms with Crippen LogP contribution in [0.3, 0.4) is 0 Å². The topological polar surface area (TPSA) is 111 Å². The minimum Gasteiger partial charge on any atom is -0.490 e. The Morgan fingerprint density at radius 3 is 2.43 bits per heavy atom. The predicted octanol–water partition coefficient (Wildman–Crippen LogP) is 3.19. The minimum atomic E-state index is -0.781. The molecule has 0 bridgehead atoms. The highest BCUT2D eigenvalue weighted by Crippen LogP contribution is 2.31. The van der Waals surface area contributed by atoms with Crippen LogP contribution in [0.4, 0.5) is 10.5 Å². The van der Waals surface area contributed by atoms with E-state index >= 15 is 0 Å². The molecule has 0 saturated heterocycles. The molecule has 156 valence electrons. The third kappa shape index (κ3) is 4.57. The number of allylic oxidation sites excluding steroid dienone is 1. The second-order valence-corrected chi connectivity index (χ2v) is 6.59. The molecule has 0 fully saturated rings. The number of hydrogen-bond acceptors (Lipinski definition) is 6. The summed E-state index contributed by atoms with van der Waals surface area (Å²) in [6, 6.07) is 13.6. The Morgan fingerprint density at radius 1 is 1.13 bits per heavy atom. The number of hydrogen-bond donors (Lipinski definition) is 1. The van der Waals surface area contributed by atoms with E-state index in [0.29, 0.717) is 17.0 Å². The Morgan fingerprint density at radius 2 is 1.80 bits per heavy atom. The number of carbonyl (C=O) groups is 2. The number of non-ortho nitro benzene ring substituents is 1. The average Bonchev–Trinajstić information content (AvgIpc) is 2.75. The fourth-order valence-corrected chi connectivity index (χ4v) is 3.03. The number of nitro groups is 1. The first-order valence-electron chi connectivity index (χ1n) is 9.23. The predicted molar refractivity (Wildman–Crippen MR) is 108 cm³/mol. The highest BCUT2D eigenvalue weighted by molar-refractivity contribution is 5.95. The Kier molecular flexibility index (Phi) is 6.31. The molecule has 1 atom stereocenters. The zero-order chi connectivity index (χ0) is 21.7. The minimum absolute atomic E-state index is 0.0230. The van der Waals surface area contributed by atoms with E-state index in [2.05, 4.69) is 5.32 Å². The number of nitro benzene ring substituents is 1. The summed E-state index contributed by atoms with van der Waals surface area (Å²) in [4.78, 5) is 36.8. The van der Waals surface area contributed by atoms with E-state index in [1.54, 1.807) is 26.1 Å². The van der Waals surface area contributed by atoms with Gasteiger partial charge in [-0.05, 0) is 36.8 Å². The summed E-state index contributed by atoms with van der Waals surface area (Å²) >= 11 is 0. The number of nitrogens with zero attached hydrogens (tertiary/aromatic N) is 2. The molecule has 0 aliphatic carbocycles. The number of para-hydroxylation sites is 1. The summed E-state index contributed by atoms with van der Waals surface area (Å²) in [6.07, 6.45) is 0. The smallest absolute Gasteiger partial charge is 0.338 e. The molecule has 0 radical (unpaired) electrons. The first-order chi connectivity index (χ1) is 14.4. The highest BCUT2D eigenvalue weighted by atomic mass is 16.6. The van der Waals surface area contributed by atoms with Crippen molar-refractivity contribution < 1.29 is 24.0 Å². The van der Waals surface area contributed by atoms with Gasteiger partial charge in [-0.3, -0.25) is 10.1 Å². The van der Waals surface area contributed by atoms with Gasteiger partial charge in [0.2, 0.25) is 0 Å². The van der Waals surface area contributed by atoms with Gasteiger partial charge in [0.1, 0.15) is 19.0 Å². The SMILES string of the molecule is CC1=C(C(=O)OCCOc2ccccc2)[C@@H](c2ccc([N+](=O)[O-])cc2)NC(=O)N1C. The number of rotatable bonds is 7. The number of carbonyl (C=O) groups excluding carboxylic acids is 2. The van der Waals surface area contributed by atoms with Crippen molar-refractivity contribution in [1.29, 1.82) is 0 Å². The van der Waals surface area contributed by atoms with Crippen LogP contribution in [0.1, 0.15) is 18.5 Å². The van der Waals surface area contributed by atoms with Gasteiger partial charge in [0.05, 0.1) is 16.5 Å². The molecule has 0 unspecified atom stereocenters. The summed E-state index contributed by atoms with van der Waals surface area (Å²) in [6.45, 7) is 1.84. The first-order valence-corrected chi connectivity index (χ1v) is 9.23. The van der Waals surface area contributed by atoms with Crippen molar-refractivity contribution in [3.8, 4) is 5.75 Å². The van der Waals surface area contributed by atoms with Crippen LogP contribution in [0.5, 0.6) is 5.75 Å². The maximum atomic E-state index is 12.8. The lowest BCUT2D eigenvalue weighted by Gasteiger charge is -2.33. The van der Waals surface area contributed by atoms with Crippen molar-refractivity contribution in [1.82, 2.24) is 10.2 Å². The van der Waals surface area contributed by atoms with Crippen molar-refractivity contribution in [2.45, 2.75) is 13.0 Å². The Labute approximate surface area is 173 Å². The van der Waals surface area contributed by atoms with Crippen molar-refractivity contribution in [3.63, 3.8) is 0 Å². The van der Waals surface area contributed by atoms with Crippen LogP contribution in [0, 0.1) is 10.1 Å². The van der Waals surface area contributed by atoms with Gasteiger partial charge in [-0.1, -0.05) is 18.2 Å². The van der Waals surface area contributed by atoms with E-state index < -0.39 is 16.9 Å². The zero-order valence-corrected chi connectivity index (χ0v) is 16.5. The number of amides is 2. The van der Waals surface area contributed by atoms with E-state index in [1.807, 2.05) is 18.2 Å². The Bertz CT molecular complexity index is 972. The van der Waals surface area contributed by atoms with E-state index in [-0.39, 0.29) is 30.5 Å². The van der Waals surface area contributed by atoms with Crippen molar-refractivity contribution in [2.75, 3.05) is 20.3 Å². The van der Waals surface area contributed by atoms with E-state index in [9.17, 15) is 19.7 Å². The van der Waals surface area contributed by atoms with Crippen LogP contribution >= 0.6 is 0 Å². The van der Waals surface area contributed by atoms with Gasteiger partial charge < -0.3 is 19.7 Å². The number of esters is 1. The summed E-state index contributed by atoms with van der Waals surface area (Å²) in [5.41, 5.74) is 1.15. The van der Waals surface area contributed by atoms with Crippen molar-refractivity contribution in [2.24, 2.45) is 0 Å². The van der Waals surface area contributed by atoms with Gasteiger partial charge in [0.15, 0.2) is 0 Å². The van der Waals surface area contributed by atoms with Crippen LogP contribution in [0.2, 0.25) is 0 Å². The van der Waals surface area contributed by atoms with Crippen LogP contribution in [-0.2, 0) is 9.53 Å². The molecule has 9 heteroatoms. The Hall–Kier alpha value is -3.88. The fourth-order valence-electron chi connectivity index (χ4n) is 3.03. The molecule has 9 nitrogen and oxygen atoms in total. The maximum absolute atomic E-state index is 12.8. The first kappa shape index (κ1) is 20.8. The molecule has 2 aromatic carbocycles. The standard InChI is InChI=1S/C21H21N3O6/c1-14-18(20(25)30-13-12-29-17-6-4-3-5-7-17)19(22-21(26)23(14)2)15-8-10-16(11-9-15)24(27)28/h3-11,19H,12-13H2,1-2H3,(H,22,26)/t19-/m1/s1. The number of urea groups is 1. The summed E-state index contributed by atoms with van der Waals surface area (Å²) in [5.74, 6) is 0.0664. The normalized spacial score (nSPS) is 16.1. The van der Waals surface area contributed by atoms with Crippen LogP contribution < -0.4 is 10.1 Å². The number of benzene rings is 2. The lowest BCUT2D eigenvalue weighted by atomic mass is 9.95. The lowest BCUT2D eigenvalue weighted by Crippen LogP contribution is -2.46. The van der Waals surface area contributed by atoms with Crippen LogP contribution in [0.25, 0.3) is 0 Å². The van der Waals surface area contributed by atoms with E-state index in [4.69, 9.17) is 9.47 Å². The van der Waals surface area contributed by atoms with Gasteiger partial charge in [0, 0.05) is 24.9 Å². The van der Waals surface area contributed by atoms with Crippen LogP contribution in [-0.4, -0.2) is 42.1 Å². The molecule has 30 heavy (non-hydrogen) atoms. The molecule has 0 saturated carbocycles. The van der Waals surface area contributed by atoms with Gasteiger partial charge in [0.25, 0.3) is 5.69 Å². The summed E-state index contributed by atoms with van der Waals surface area (Å²) in [7, 11) is 1.54. The number of nitrogens with one attached hydrogen (secondary N) is 1. The molecule has 1 heterocycles. The van der Waals surface area contributed by atoms with E-state index in [0.717, 1.165) is 0 Å². The molecule has 1 N–H and O–H groups in total. The second-order valence-electron chi connectivity index (χ2n) is 6.59. The third-order valence-corrected chi connectivity index (χ3v) is 4.74.